The van der Waals surface area contributed by atoms with E-state index in [-0.39, 0.29) is 23.8 Å². The maximum Gasteiger partial charge on any atom is 0.253 e. The molecule has 7 rings (SSSR count). The number of para-hydroxylation sites is 1. The van der Waals surface area contributed by atoms with E-state index in [0.717, 1.165) is 29.7 Å². The monoisotopic (exact) mass is 493 g/mol. The second-order valence-electron chi connectivity index (χ2n) is 10.3. The minimum absolute atomic E-state index is 0.102. The molecule has 186 valence electrons. The van der Waals surface area contributed by atoms with Gasteiger partial charge in [-0.3, -0.25) is 19.3 Å². The van der Waals surface area contributed by atoms with Crippen LogP contribution < -0.4 is 14.5 Å². The van der Waals surface area contributed by atoms with E-state index in [0.29, 0.717) is 24.5 Å². The molecule has 4 aliphatic rings. The van der Waals surface area contributed by atoms with Crippen molar-refractivity contribution >= 4 is 29.1 Å². The van der Waals surface area contributed by atoms with Crippen molar-refractivity contribution in [3.8, 4) is 5.75 Å². The maximum atomic E-state index is 14.6. The number of fused-ring (bicyclic) bond motifs is 7. The third-order valence-electron chi connectivity index (χ3n) is 8.66. The van der Waals surface area contributed by atoms with Gasteiger partial charge in [-0.05, 0) is 55.3 Å². The Kier molecular flexibility index (Phi) is 4.82. The van der Waals surface area contributed by atoms with E-state index < -0.39 is 17.4 Å². The van der Waals surface area contributed by atoms with Crippen molar-refractivity contribution in [3.63, 3.8) is 0 Å². The van der Waals surface area contributed by atoms with E-state index in [2.05, 4.69) is 4.90 Å². The Labute approximate surface area is 215 Å². The zero-order chi connectivity index (χ0) is 25.3. The first-order valence-corrected chi connectivity index (χ1v) is 12.8. The van der Waals surface area contributed by atoms with Gasteiger partial charge in [0.1, 0.15) is 11.3 Å². The molecule has 0 radical (unpaired) electrons. The summed E-state index contributed by atoms with van der Waals surface area (Å²) in [6, 6.07) is 24.5. The Bertz CT molecular complexity index is 1420. The van der Waals surface area contributed by atoms with E-state index in [1.54, 1.807) is 31.4 Å². The number of imide groups is 1. The van der Waals surface area contributed by atoms with Crippen LogP contribution in [-0.2, 0) is 26.5 Å². The highest BCUT2D eigenvalue weighted by Crippen LogP contribution is 2.62. The zero-order valence-corrected chi connectivity index (χ0v) is 20.5. The lowest BCUT2D eigenvalue weighted by molar-refractivity contribution is -0.137. The third kappa shape index (κ3) is 2.83. The third-order valence-corrected chi connectivity index (χ3v) is 8.66. The lowest BCUT2D eigenvalue weighted by Gasteiger charge is -2.37. The molecular weight excluding hydrogens is 466 g/mol. The summed E-state index contributed by atoms with van der Waals surface area (Å²) in [5, 5.41) is 0. The second-order valence-corrected chi connectivity index (χ2v) is 10.3. The molecule has 7 heteroatoms. The molecule has 3 saturated heterocycles. The molecular formula is C30H27N3O4. The highest BCUT2D eigenvalue weighted by Gasteiger charge is 2.75. The van der Waals surface area contributed by atoms with Crippen molar-refractivity contribution in [2.24, 2.45) is 11.8 Å². The van der Waals surface area contributed by atoms with Gasteiger partial charge in [0.05, 0.1) is 31.2 Å². The number of carbonyl (C=O) groups excluding carboxylic acids is 3. The number of ether oxygens (including phenoxy) is 1. The Morgan fingerprint density at radius 2 is 1.62 bits per heavy atom. The maximum absolute atomic E-state index is 14.6. The van der Waals surface area contributed by atoms with Gasteiger partial charge in [-0.25, -0.2) is 4.90 Å². The fourth-order valence-corrected chi connectivity index (χ4v) is 7.25. The fourth-order valence-electron chi connectivity index (χ4n) is 7.25. The Morgan fingerprint density at radius 3 is 2.38 bits per heavy atom. The smallest absolute Gasteiger partial charge is 0.253 e. The molecule has 0 bridgehead atoms. The van der Waals surface area contributed by atoms with Crippen molar-refractivity contribution in [1.29, 1.82) is 0 Å². The minimum Gasteiger partial charge on any atom is -0.497 e. The molecule has 3 aromatic rings. The topological polar surface area (TPSA) is 70.2 Å². The van der Waals surface area contributed by atoms with Crippen LogP contribution >= 0.6 is 0 Å². The van der Waals surface area contributed by atoms with Gasteiger partial charge in [-0.1, -0.05) is 48.5 Å². The van der Waals surface area contributed by atoms with E-state index in [4.69, 9.17) is 4.74 Å². The molecule has 1 spiro atoms. The summed E-state index contributed by atoms with van der Waals surface area (Å²) in [7, 11) is 1.58. The predicted octanol–water partition coefficient (Wildman–Crippen LogP) is 3.72. The SMILES string of the molecule is COc1ccc(N2C(=O)[C@@H]3[C@H]4CCCN4[C@@]4(C(=O)N(Cc5ccccc5)c5ccccc54)[C@@H]3C2=O)cc1. The number of carbonyl (C=O) groups is 3. The standard InChI is InChI=1S/C30H27N3O4/c1-37-21-15-13-20(14-16-21)33-27(34)25-24-12-7-17-32(24)30(26(25)28(33)35)22-10-5-6-11-23(22)31(29(30)36)18-19-8-3-2-4-9-19/h2-6,8-11,13-16,24-26H,7,12,17-18H2,1H3/t24-,25-,26+,30-/m1/s1. The van der Waals surface area contributed by atoms with E-state index in [1.807, 2.05) is 59.5 Å². The van der Waals surface area contributed by atoms with Gasteiger partial charge >= 0.3 is 0 Å². The van der Waals surface area contributed by atoms with Gasteiger partial charge in [0.2, 0.25) is 11.8 Å². The summed E-state index contributed by atoms with van der Waals surface area (Å²) in [6.45, 7) is 1.11. The molecule has 0 unspecified atom stereocenters. The average molecular weight is 494 g/mol. The summed E-state index contributed by atoms with van der Waals surface area (Å²) in [6.07, 6.45) is 1.69. The minimum atomic E-state index is -1.18. The van der Waals surface area contributed by atoms with Crippen LogP contribution in [0.3, 0.4) is 0 Å². The number of rotatable bonds is 4. The number of nitrogens with zero attached hydrogens (tertiary/aromatic N) is 3. The summed E-state index contributed by atoms with van der Waals surface area (Å²) in [5.41, 5.74) is 2.03. The summed E-state index contributed by atoms with van der Waals surface area (Å²) in [5.74, 6) is -1.26. The molecule has 3 amide bonds. The van der Waals surface area contributed by atoms with Crippen LogP contribution in [0.1, 0.15) is 24.0 Å². The molecule has 0 aromatic heterocycles. The number of hydrogen-bond acceptors (Lipinski definition) is 5. The van der Waals surface area contributed by atoms with E-state index in [1.165, 1.54) is 4.90 Å². The summed E-state index contributed by atoms with van der Waals surface area (Å²) < 4.78 is 5.26. The number of hydrogen-bond donors (Lipinski definition) is 0. The van der Waals surface area contributed by atoms with Gasteiger partial charge in [-0.15, -0.1) is 0 Å². The van der Waals surface area contributed by atoms with Crippen LogP contribution in [-0.4, -0.2) is 42.3 Å². The molecule has 4 atom stereocenters. The highest BCUT2D eigenvalue weighted by atomic mass is 16.5. The average Bonchev–Trinajstić information content (AvgIpc) is 3.64. The molecule has 4 aliphatic heterocycles. The Balaban J connectivity index is 1.37. The van der Waals surface area contributed by atoms with Gasteiger partial charge in [0, 0.05) is 17.3 Å². The van der Waals surface area contributed by atoms with Gasteiger partial charge in [0.15, 0.2) is 0 Å². The highest BCUT2D eigenvalue weighted by molar-refractivity contribution is 6.26. The fraction of sp³-hybridized carbons (Fsp3) is 0.300. The zero-order valence-electron chi connectivity index (χ0n) is 20.5. The molecule has 37 heavy (non-hydrogen) atoms. The molecule has 3 aromatic carbocycles. The molecule has 3 fully saturated rings. The molecule has 0 saturated carbocycles. The van der Waals surface area contributed by atoms with E-state index >= 15 is 0 Å². The van der Waals surface area contributed by atoms with Crippen molar-refractivity contribution in [2.75, 3.05) is 23.5 Å². The molecule has 7 nitrogen and oxygen atoms in total. The van der Waals surface area contributed by atoms with Gasteiger partial charge in [-0.2, -0.15) is 0 Å². The first-order valence-electron chi connectivity index (χ1n) is 12.8. The summed E-state index contributed by atoms with van der Waals surface area (Å²) >= 11 is 0. The predicted molar refractivity (Wildman–Crippen MR) is 138 cm³/mol. The van der Waals surface area contributed by atoms with Crippen molar-refractivity contribution in [2.45, 2.75) is 31.0 Å². The van der Waals surface area contributed by atoms with Crippen molar-refractivity contribution in [1.82, 2.24) is 4.90 Å². The van der Waals surface area contributed by atoms with Crippen LogP contribution in [0.15, 0.2) is 78.9 Å². The lowest BCUT2D eigenvalue weighted by Crippen LogP contribution is -2.55. The quantitative estimate of drug-likeness (QED) is 0.518. The number of amides is 3. The Hall–Kier alpha value is -3.97. The lowest BCUT2D eigenvalue weighted by atomic mass is 9.75. The molecule has 4 heterocycles. The van der Waals surface area contributed by atoms with E-state index in [9.17, 15) is 14.4 Å². The second kappa shape index (κ2) is 8.02. The van der Waals surface area contributed by atoms with Crippen LogP contribution in [0.2, 0.25) is 0 Å². The van der Waals surface area contributed by atoms with Gasteiger partial charge < -0.3 is 9.64 Å². The largest absolute Gasteiger partial charge is 0.497 e. The van der Waals surface area contributed by atoms with Gasteiger partial charge in [0.25, 0.3) is 5.91 Å². The first-order chi connectivity index (χ1) is 18.1. The van der Waals surface area contributed by atoms with Crippen molar-refractivity contribution in [3.05, 3.63) is 90.0 Å². The van der Waals surface area contributed by atoms with Crippen molar-refractivity contribution < 1.29 is 19.1 Å². The van der Waals surface area contributed by atoms with Crippen LogP contribution in [0.25, 0.3) is 0 Å². The van der Waals surface area contributed by atoms with Crippen LogP contribution in [0.5, 0.6) is 5.75 Å². The Morgan fingerprint density at radius 1 is 0.892 bits per heavy atom. The number of methoxy groups -OCH3 is 1. The number of anilines is 2. The normalized spacial score (nSPS) is 28.2. The summed E-state index contributed by atoms with van der Waals surface area (Å²) in [4.78, 5) is 48.1. The molecule has 0 aliphatic carbocycles. The molecule has 0 N–H and O–H groups in total. The first kappa shape index (κ1) is 22.2. The van der Waals surface area contributed by atoms with Crippen LogP contribution in [0, 0.1) is 11.8 Å². The number of benzene rings is 3. The van der Waals surface area contributed by atoms with Crippen LogP contribution in [0.4, 0.5) is 11.4 Å².